The monoisotopic (exact) mass is 287 g/mol. The largest absolute Gasteiger partial charge is 0.508 e. The molecule has 5 nitrogen and oxygen atoms in total. The van der Waals surface area contributed by atoms with Gasteiger partial charge in [0.25, 0.3) is 0 Å². The van der Waals surface area contributed by atoms with E-state index in [2.05, 4.69) is 5.32 Å². The summed E-state index contributed by atoms with van der Waals surface area (Å²) in [5.74, 6) is 0.547. The SMILES string of the molecule is COc1ccc2c(c1O)CNC[C@H]2c1ccc(O)cc1O. The van der Waals surface area contributed by atoms with Crippen LogP contribution in [0.4, 0.5) is 0 Å². The highest BCUT2D eigenvalue weighted by Crippen LogP contribution is 2.41. The summed E-state index contributed by atoms with van der Waals surface area (Å²) in [4.78, 5) is 0. The minimum atomic E-state index is -0.0915. The first-order valence-electron chi connectivity index (χ1n) is 6.73. The maximum Gasteiger partial charge on any atom is 0.162 e. The van der Waals surface area contributed by atoms with E-state index >= 15 is 0 Å². The molecule has 4 N–H and O–H groups in total. The molecule has 0 bridgehead atoms. The van der Waals surface area contributed by atoms with Gasteiger partial charge in [0.2, 0.25) is 0 Å². The predicted octanol–water partition coefficient (Wildman–Crippen LogP) is 2.05. The number of hydrogen-bond donors (Lipinski definition) is 4. The normalized spacial score (nSPS) is 17.3. The maximum atomic E-state index is 10.2. The first-order valence-corrected chi connectivity index (χ1v) is 6.73. The molecule has 0 radical (unpaired) electrons. The standard InChI is InChI=1S/C16H17NO4/c1-21-15-5-4-10-12(7-17-8-13(10)16(15)20)11-3-2-9(18)6-14(11)19/h2-6,12,17-20H,7-8H2,1H3/t12-/m1/s1. The van der Waals surface area contributed by atoms with Crippen LogP contribution in [-0.2, 0) is 6.54 Å². The number of nitrogens with one attached hydrogen (secondary N) is 1. The van der Waals surface area contributed by atoms with Crippen LogP contribution in [0, 0.1) is 0 Å². The highest BCUT2D eigenvalue weighted by molar-refractivity contribution is 5.55. The molecule has 0 aliphatic carbocycles. The molecule has 0 saturated carbocycles. The van der Waals surface area contributed by atoms with Crippen LogP contribution in [0.15, 0.2) is 30.3 Å². The third-order valence-electron chi connectivity index (χ3n) is 3.92. The number of phenols is 3. The van der Waals surface area contributed by atoms with Crippen LogP contribution < -0.4 is 10.1 Å². The molecule has 110 valence electrons. The summed E-state index contributed by atoms with van der Waals surface area (Å²) in [6, 6.07) is 8.21. The lowest BCUT2D eigenvalue weighted by molar-refractivity contribution is 0.366. The number of rotatable bonds is 2. The van der Waals surface area contributed by atoms with E-state index in [0.717, 1.165) is 11.1 Å². The fourth-order valence-corrected chi connectivity index (χ4v) is 2.86. The molecule has 0 aromatic heterocycles. The number of aromatic hydroxyl groups is 3. The van der Waals surface area contributed by atoms with Crippen molar-refractivity contribution >= 4 is 0 Å². The zero-order chi connectivity index (χ0) is 15.0. The first-order chi connectivity index (χ1) is 10.1. The fourth-order valence-electron chi connectivity index (χ4n) is 2.86. The fraction of sp³-hybridized carbons (Fsp3) is 0.250. The first kappa shape index (κ1) is 13.6. The molecule has 0 unspecified atom stereocenters. The van der Waals surface area contributed by atoms with Crippen molar-refractivity contribution in [3.05, 3.63) is 47.0 Å². The Balaban J connectivity index is 2.10. The molecule has 1 atom stereocenters. The molecule has 0 spiro atoms. The third kappa shape index (κ3) is 2.25. The summed E-state index contributed by atoms with van der Waals surface area (Å²) >= 11 is 0. The molecule has 0 amide bonds. The number of methoxy groups -OCH3 is 1. The molecule has 1 heterocycles. The van der Waals surface area contributed by atoms with Gasteiger partial charge in [-0.2, -0.15) is 0 Å². The van der Waals surface area contributed by atoms with Crippen LogP contribution in [-0.4, -0.2) is 29.0 Å². The second-order valence-electron chi connectivity index (χ2n) is 5.11. The van der Waals surface area contributed by atoms with Gasteiger partial charge in [0.15, 0.2) is 11.5 Å². The summed E-state index contributed by atoms with van der Waals surface area (Å²) in [6.45, 7) is 1.20. The van der Waals surface area contributed by atoms with Crippen LogP contribution >= 0.6 is 0 Å². The Morgan fingerprint density at radius 2 is 1.86 bits per heavy atom. The predicted molar refractivity (Wildman–Crippen MR) is 78.0 cm³/mol. The topological polar surface area (TPSA) is 82.0 Å². The molecular formula is C16H17NO4. The van der Waals surface area contributed by atoms with Crippen molar-refractivity contribution in [3.8, 4) is 23.0 Å². The quantitative estimate of drug-likeness (QED) is 0.679. The summed E-state index contributed by atoms with van der Waals surface area (Å²) in [5, 5.41) is 33.0. The van der Waals surface area contributed by atoms with Gasteiger partial charge in [-0.05, 0) is 17.7 Å². The lowest BCUT2D eigenvalue weighted by atomic mass is 9.84. The van der Waals surface area contributed by atoms with Gasteiger partial charge in [-0.1, -0.05) is 12.1 Å². The lowest BCUT2D eigenvalue weighted by Crippen LogP contribution is -2.29. The van der Waals surface area contributed by atoms with E-state index < -0.39 is 0 Å². The molecule has 3 rings (SSSR count). The Labute approximate surface area is 122 Å². The van der Waals surface area contributed by atoms with Crippen LogP contribution in [0.5, 0.6) is 23.0 Å². The maximum absolute atomic E-state index is 10.2. The Morgan fingerprint density at radius 1 is 1.10 bits per heavy atom. The van der Waals surface area contributed by atoms with Crippen molar-refractivity contribution < 1.29 is 20.1 Å². The second-order valence-corrected chi connectivity index (χ2v) is 5.11. The lowest BCUT2D eigenvalue weighted by Gasteiger charge is -2.28. The number of benzene rings is 2. The van der Waals surface area contributed by atoms with Gasteiger partial charge in [0.05, 0.1) is 7.11 Å². The van der Waals surface area contributed by atoms with Gasteiger partial charge < -0.3 is 25.4 Å². The van der Waals surface area contributed by atoms with Crippen molar-refractivity contribution in [1.29, 1.82) is 0 Å². The van der Waals surface area contributed by atoms with Crippen LogP contribution in [0.2, 0.25) is 0 Å². The Kier molecular flexibility index (Phi) is 3.35. The molecule has 2 aromatic rings. The molecule has 1 aliphatic heterocycles. The number of phenolic OH excluding ortho intramolecular Hbond substituents is 3. The summed E-state index contributed by atoms with van der Waals surface area (Å²) in [5.41, 5.74) is 2.44. The molecule has 5 heteroatoms. The molecule has 2 aromatic carbocycles. The average Bonchev–Trinajstić information content (AvgIpc) is 2.48. The minimum Gasteiger partial charge on any atom is -0.508 e. The molecule has 21 heavy (non-hydrogen) atoms. The van der Waals surface area contributed by atoms with Gasteiger partial charge in [-0.25, -0.2) is 0 Å². The summed E-state index contributed by atoms with van der Waals surface area (Å²) in [7, 11) is 1.51. The summed E-state index contributed by atoms with van der Waals surface area (Å²) in [6.07, 6.45) is 0. The Hall–Kier alpha value is -2.40. The van der Waals surface area contributed by atoms with Crippen molar-refractivity contribution in [2.75, 3.05) is 13.7 Å². The van der Waals surface area contributed by atoms with Gasteiger partial charge in [-0.3, -0.25) is 0 Å². The highest BCUT2D eigenvalue weighted by Gasteiger charge is 2.27. The van der Waals surface area contributed by atoms with Gasteiger partial charge in [0, 0.05) is 36.2 Å². The molecule has 0 saturated heterocycles. The number of hydrogen-bond acceptors (Lipinski definition) is 5. The Morgan fingerprint density at radius 3 is 2.57 bits per heavy atom. The average molecular weight is 287 g/mol. The molecule has 1 aliphatic rings. The minimum absolute atomic E-state index is 0.0258. The van der Waals surface area contributed by atoms with Crippen molar-refractivity contribution in [3.63, 3.8) is 0 Å². The number of ether oxygens (including phenoxy) is 1. The molecule has 0 fully saturated rings. The van der Waals surface area contributed by atoms with Crippen molar-refractivity contribution in [2.24, 2.45) is 0 Å². The van der Waals surface area contributed by atoms with E-state index in [1.54, 1.807) is 18.2 Å². The van der Waals surface area contributed by atoms with E-state index in [1.165, 1.54) is 13.2 Å². The van der Waals surface area contributed by atoms with Gasteiger partial charge in [0.1, 0.15) is 11.5 Å². The third-order valence-corrected chi connectivity index (χ3v) is 3.92. The van der Waals surface area contributed by atoms with Gasteiger partial charge in [-0.15, -0.1) is 0 Å². The Bertz CT molecular complexity index is 684. The highest BCUT2D eigenvalue weighted by atomic mass is 16.5. The zero-order valence-electron chi connectivity index (χ0n) is 11.6. The van der Waals surface area contributed by atoms with E-state index in [4.69, 9.17) is 4.74 Å². The number of fused-ring (bicyclic) bond motifs is 1. The van der Waals surface area contributed by atoms with Crippen LogP contribution in [0.1, 0.15) is 22.6 Å². The van der Waals surface area contributed by atoms with Crippen molar-refractivity contribution in [1.82, 2.24) is 5.32 Å². The van der Waals surface area contributed by atoms with Crippen molar-refractivity contribution in [2.45, 2.75) is 12.5 Å². The van der Waals surface area contributed by atoms with E-state index in [1.807, 2.05) is 6.07 Å². The van der Waals surface area contributed by atoms with E-state index in [9.17, 15) is 15.3 Å². The van der Waals surface area contributed by atoms with E-state index in [-0.39, 0.29) is 23.2 Å². The van der Waals surface area contributed by atoms with E-state index in [0.29, 0.717) is 24.4 Å². The zero-order valence-corrected chi connectivity index (χ0v) is 11.6. The molecular weight excluding hydrogens is 270 g/mol. The summed E-state index contributed by atoms with van der Waals surface area (Å²) < 4.78 is 5.13. The smallest absolute Gasteiger partial charge is 0.162 e. The van der Waals surface area contributed by atoms with Gasteiger partial charge >= 0.3 is 0 Å². The van der Waals surface area contributed by atoms with Crippen LogP contribution in [0.25, 0.3) is 0 Å². The van der Waals surface area contributed by atoms with Crippen LogP contribution in [0.3, 0.4) is 0 Å². The second kappa shape index (κ2) is 5.18.